The smallest absolute Gasteiger partial charge is 0.306 e. The first-order chi connectivity index (χ1) is 19.3. The van der Waals surface area contributed by atoms with Crippen LogP contribution in [0, 0.1) is 0 Å². The Morgan fingerprint density at radius 1 is 0.850 bits per heavy atom. The lowest BCUT2D eigenvalue weighted by atomic mass is 9.99. The van der Waals surface area contributed by atoms with Gasteiger partial charge in [0, 0.05) is 12.8 Å². The van der Waals surface area contributed by atoms with Crippen LogP contribution in [0.2, 0.25) is 0 Å². The van der Waals surface area contributed by atoms with Crippen molar-refractivity contribution in [2.75, 3.05) is 19.8 Å². The number of rotatable bonds is 23. The van der Waals surface area contributed by atoms with Crippen molar-refractivity contribution in [3.05, 3.63) is 24.8 Å². The van der Waals surface area contributed by atoms with Gasteiger partial charge in [0.2, 0.25) is 0 Å². The van der Waals surface area contributed by atoms with Gasteiger partial charge in [-0.15, -0.1) is 6.58 Å². The van der Waals surface area contributed by atoms with Crippen LogP contribution in [0.1, 0.15) is 96.8 Å². The summed E-state index contributed by atoms with van der Waals surface area (Å²) in [5.41, 5.74) is 0. The molecule has 10 nitrogen and oxygen atoms in total. The minimum Gasteiger partial charge on any atom is -0.462 e. The summed E-state index contributed by atoms with van der Waals surface area (Å²) in [6.45, 7) is 4.70. The molecule has 0 aromatic carbocycles. The fourth-order valence-electron chi connectivity index (χ4n) is 4.27. The maximum absolute atomic E-state index is 12.5. The van der Waals surface area contributed by atoms with Gasteiger partial charge in [0.25, 0.3) is 0 Å². The Bertz CT molecular complexity index is 711. The van der Waals surface area contributed by atoms with E-state index in [1.807, 2.05) is 6.08 Å². The average molecular weight is 573 g/mol. The molecule has 0 radical (unpaired) electrons. The molecule has 232 valence electrons. The van der Waals surface area contributed by atoms with Gasteiger partial charge < -0.3 is 39.4 Å². The monoisotopic (exact) mass is 572 g/mol. The van der Waals surface area contributed by atoms with Crippen LogP contribution in [0.4, 0.5) is 0 Å². The first-order valence-electron chi connectivity index (χ1n) is 14.9. The second-order valence-electron chi connectivity index (χ2n) is 10.3. The Morgan fingerprint density at radius 3 is 2.17 bits per heavy atom. The summed E-state index contributed by atoms with van der Waals surface area (Å²) in [5, 5.41) is 39.5. The number of esters is 2. The van der Waals surface area contributed by atoms with Crippen molar-refractivity contribution in [3.63, 3.8) is 0 Å². The standard InChI is InChI=1S/C30H52O10/c1-3-5-7-9-10-11-12-13-15-17-19-26(33)39-23(21-37-25(32)18-16-14-8-6-4-2)22-38-30-29(36)28(35)27(34)24(20-31)40-30/h3,7,9,23-24,27-31,34-36H,1,4-6,8,10-22H2,2H3/b9-7-/t23-,24-,27+,28+,29-,30-/m1/s1. The van der Waals surface area contributed by atoms with Gasteiger partial charge >= 0.3 is 11.9 Å². The summed E-state index contributed by atoms with van der Waals surface area (Å²) in [5.74, 6) is -0.852. The van der Waals surface area contributed by atoms with Crippen LogP contribution in [0.3, 0.4) is 0 Å². The summed E-state index contributed by atoms with van der Waals surface area (Å²) in [4.78, 5) is 24.7. The van der Waals surface area contributed by atoms with Crippen molar-refractivity contribution < 1.29 is 49.0 Å². The Balaban J connectivity index is 2.51. The molecule has 0 bridgehead atoms. The molecule has 0 aromatic heterocycles. The molecule has 1 heterocycles. The molecular formula is C30H52O10. The van der Waals surface area contributed by atoms with E-state index in [0.29, 0.717) is 6.42 Å². The Hall–Kier alpha value is -1.82. The van der Waals surface area contributed by atoms with E-state index in [0.717, 1.165) is 70.6 Å². The van der Waals surface area contributed by atoms with Crippen molar-refractivity contribution in [2.24, 2.45) is 0 Å². The number of aliphatic hydroxyl groups is 4. The van der Waals surface area contributed by atoms with Crippen molar-refractivity contribution in [3.8, 4) is 0 Å². The molecule has 0 spiro atoms. The van der Waals surface area contributed by atoms with Gasteiger partial charge in [0.05, 0.1) is 13.2 Å². The van der Waals surface area contributed by atoms with Gasteiger partial charge in [-0.3, -0.25) is 9.59 Å². The topological polar surface area (TPSA) is 152 Å². The molecule has 0 amide bonds. The second-order valence-corrected chi connectivity index (χ2v) is 10.3. The minimum atomic E-state index is -1.59. The lowest BCUT2D eigenvalue weighted by molar-refractivity contribution is -0.305. The van der Waals surface area contributed by atoms with E-state index in [2.05, 4.69) is 25.7 Å². The predicted octanol–water partition coefficient (Wildman–Crippen LogP) is 3.48. The molecule has 6 atom stereocenters. The zero-order valence-electron chi connectivity index (χ0n) is 24.2. The summed E-state index contributed by atoms with van der Waals surface area (Å²) < 4.78 is 21.7. The average Bonchev–Trinajstić information content (AvgIpc) is 2.95. The maximum atomic E-state index is 12.5. The summed E-state index contributed by atoms with van der Waals surface area (Å²) in [6.07, 6.45) is 10.1. The third kappa shape index (κ3) is 15.8. The number of allylic oxidation sites excluding steroid dienone is 3. The van der Waals surface area contributed by atoms with E-state index in [1.54, 1.807) is 0 Å². The molecule has 1 aliphatic heterocycles. The van der Waals surface area contributed by atoms with E-state index in [-0.39, 0.29) is 26.1 Å². The third-order valence-electron chi connectivity index (χ3n) is 6.73. The van der Waals surface area contributed by atoms with Crippen molar-refractivity contribution in [2.45, 2.75) is 134 Å². The predicted molar refractivity (Wildman–Crippen MR) is 150 cm³/mol. The molecule has 4 N–H and O–H groups in total. The van der Waals surface area contributed by atoms with Crippen LogP contribution in [0.5, 0.6) is 0 Å². The summed E-state index contributed by atoms with van der Waals surface area (Å²) in [7, 11) is 0. The van der Waals surface area contributed by atoms with Crippen LogP contribution in [0.25, 0.3) is 0 Å². The molecule has 1 saturated heterocycles. The number of unbranched alkanes of at least 4 members (excludes halogenated alkanes) is 9. The Kier molecular flexibility index (Phi) is 20.7. The van der Waals surface area contributed by atoms with Crippen LogP contribution < -0.4 is 0 Å². The second kappa shape index (κ2) is 22.8. The van der Waals surface area contributed by atoms with Crippen molar-refractivity contribution >= 4 is 11.9 Å². The number of carbonyl (C=O) groups is 2. The van der Waals surface area contributed by atoms with Gasteiger partial charge in [0.1, 0.15) is 31.0 Å². The molecule has 40 heavy (non-hydrogen) atoms. The highest BCUT2D eigenvalue weighted by molar-refractivity contribution is 5.70. The first-order valence-corrected chi connectivity index (χ1v) is 14.9. The molecule has 1 aliphatic rings. The first kappa shape index (κ1) is 36.2. The Morgan fingerprint density at radius 2 is 1.50 bits per heavy atom. The maximum Gasteiger partial charge on any atom is 0.306 e. The summed E-state index contributed by atoms with van der Waals surface area (Å²) in [6, 6.07) is 0. The SMILES string of the molecule is C=CC/C=C\CCCCCCCC(=O)O[C@H](COC(=O)CCCCCCC)CO[C@@H]1O[C@H](CO)[C@H](O)[C@H](O)[C@H]1O. The zero-order chi connectivity index (χ0) is 29.6. The number of hydrogen-bond acceptors (Lipinski definition) is 10. The normalized spacial score (nSPS) is 23.7. The highest BCUT2D eigenvalue weighted by atomic mass is 16.7. The van der Waals surface area contributed by atoms with Gasteiger partial charge in [-0.05, 0) is 32.1 Å². The highest BCUT2D eigenvalue weighted by Gasteiger charge is 2.44. The largest absolute Gasteiger partial charge is 0.462 e. The number of hydrogen-bond donors (Lipinski definition) is 4. The molecule has 0 unspecified atom stereocenters. The zero-order valence-corrected chi connectivity index (χ0v) is 24.2. The van der Waals surface area contributed by atoms with Crippen LogP contribution in [-0.4, -0.2) is 89.0 Å². The molecular weight excluding hydrogens is 520 g/mol. The van der Waals surface area contributed by atoms with Crippen molar-refractivity contribution in [1.82, 2.24) is 0 Å². The fourth-order valence-corrected chi connectivity index (χ4v) is 4.27. The molecule has 1 fully saturated rings. The molecule has 1 rings (SSSR count). The van der Waals surface area contributed by atoms with Gasteiger partial charge in [0.15, 0.2) is 12.4 Å². The molecule has 0 aromatic rings. The van der Waals surface area contributed by atoms with Crippen molar-refractivity contribution in [1.29, 1.82) is 0 Å². The number of aliphatic hydroxyl groups excluding tert-OH is 4. The lowest BCUT2D eigenvalue weighted by Gasteiger charge is -2.39. The Labute approximate surface area is 239 Å². The van der Waals surface area contributed by atoms with Gasteiger partial charge in [-0.2, -0.15) is 0 Å². The fraction of sp³-hybridized carbons (Fsp3) is 0.800. The van der Waals surface area contributed by atoms with E-state index < -0.39 is 55.4 Å². The quantitative estimate of drug-likeness (QED) is 0.0813. The third-order valence-corrected chi connectivity index (χ3v) is 6.73. The van der Waals surface area contributed by atoms with Gasteiger partial charge in [-0.25, -0.2) is 0 Å². The lowest BCUT2D eigenvalue weighted by Crippen LogP contribution is -2.59. The molecule has 0 aliphatic carbocycles. The van der Waals surface area contributed by atoms with E-state index >= 15 is 0 Å². The summed E-state index contributed by atoms with van der Waals surface area (Å²) >= 11 is 0. The molecule has 10 heteroatoms. The van der Waals surface area contributed by atoms with Crippen LogP contribution >= 0.6 is 0 Å². The number of ether oxygens (including phenoxy) is 4. The highest BCUT2D eigenvalue weighted by Crippen LogP contribution is 2.22. The van der Waals surface area contributed by atoms with E-state index in [1.165, 1.54) is 0 Å². The van der Waals surface area contributed by atoms with Crippen LogP contribution in [-0.2, 0) is 28.5 Å². The van der Waals surface area contributed by atoms with E-state index in [9.17, 15) is 30.0 Å². The van der Waals surface area contributed by atoms with E-state index in [4.69, 9.17) is 18.9 Å². The number of carbonyl (C=O) groups excluding carboxylic acids is 2. The van der Waals surface area contributed by atoms with Crippen LogP contribution in [0.15, 0.2) is 24.8 Å². The van der Waals surface area contributed by atoms with Gasteiger partial charge in [-0.1, -0.05) is 70.1 Å². The minimum absolute atomic E-state index is 0.209. The molecule has 0 saturated carbocycles.